The maximum absolute atomic E-state index is 3.67. The molecule has 1 aliphatic carbocycles. The molecule has 0 aliphatic heterocycles. The van der Waals surface area contributed by atoms with Gasteiger partial charge < -0.3 is 5.32 Å². The predicted octanol–water partition coefficient (Wildman–Crippen LogP) is 3.99. The summed E-state index contributed by atoms with van der Waals surface area (Å²) < 4.78 is 0. The second-order valence-corrected chi connectivity index (χ2v) is 4.88. The molecule has 0 heterocycles. The first kappa shape index (κ1) is 10.5. The van der Waals surface area contributed by atoms with Gasteiger partial charge >= 0.3 is 0 Å². The van der Waals surface area contributed by atoms with Crippen LogP contribution in [0.3, 0.4) is 0 Å². The fourth-order valence-corrected chi connectivity index (χ4v) is 2.48. The van der Waals surface area contributed by atoms with Crippen LogP contribution in [-0.4, -0.2) is 6.04 Å². The molecular weight excluding hydrogens is 182 g/mol. The molecule has 0 aromatic heterocycles. The summed E-state index contributed by atoms with van der Waals surface area (Å²) in [5, 5.41) is 3.67. The van der Waals surface area contributed by atoms with Crippen molar-refractivity contribution in [2.24, 2.45) is 5.92 Å². The summed E-state index contributed by atoms with van der Waals surface area (Å²) in [6, 6.07) is 9.37. The van der Waals surface area contributed by atoms with Gasteiger partial charge in [-0.3, -0.25) is 0 Å². The second kappa shape index (κ2) is 4.69. The summed E-state index contributed by atoms with van der Waals surface area (Å²) >= 11 is 0. The topological polar surface area (TPSA) is 12.0 Å². The first-order valence-corrected chi connectivity index (χ1v) is 6.09. The molecule has 1 aliphatic rings. The summed E-state index contributed by atoms with van der Waals surface area (Å²) in [5.41, 5.74) is 2.62. The Morgan fingerprint density at radius 2 is 2.00 bits per heavy atom. The molecule has 1 heteroatoms. The summed E-state index contributed by atoms with van der Waals surface area (Å²) in [6.45, 7) is 4.52. The molecular formula is C14H21N. The Labute approximate surface area is 92.9 Å². The maximum Gasteiger partial charge on any atom is 0.0345 e. The summed E-state index contributed by atoms with van der Waals surface area (Å²) in [7, 11) is 0. The molecule has 1 N–H and O–H groups in total. The van der Waals surface area contributed by atoms with Crippen LogP contribution < -0.4 is 5.32 Å². The van der Waals surface area contributed by atoms with E-state index in [2.05, 4.69) is 43.4 Å². The molecule has 1 aromatic rings. The third-order valence-corrected chi connectivity index (χ3v) is 3.48. The average molecular weight is 203 g/mol. The van der Waals surface area contributed by atoms with Crippen molar-refractivity contribution in [3.63, 3.8) is 0 Å². The van der Waals surface area contributed by atoms with Crippen molar-refractivity contribution in [3.05, 3.63) is 29.8 Å². The minimum Gasteiger partial charge on any atom is -0.382 e. The number of aryl methyl sites for hydroxylation is 1. The quantitative estimate of drug-likeness (QED) is 0.766. The monoisotopic (exact) mass is 203 g/mol. The zero-order valence-corrected chi connectivity index (χ0v) is 9.79. The fourth-order valence-electron chi connectivity index (χ4n) is 2.48. The SMILES string of the molecule is Cc1cccc(N[C@@H]2CCCC[C@H]2C)c1. The van der Waals surface area contributed by atoms with E-state index in [9.17, 15) is 0 Å². The average Bonchev–Trinajstić information content (AvgIpc) is 2.22. The first-order valence-electron chi connectivity index (χ1n) is 6.09. The molecule has 1 fully saturated rings. The highest BCUT2D eigenvalue weighted by molar-refractivity contribution is 5.46. The van der Waals surface area contributed by atoms with Gasteiger partial charge in [-0.05, 0) is 43.4 Å². The summed E-state index contributed by atoms with van der Waals surface area (Å²) in [5.74, 6) is 0.819. The molecule has 2 rings (SSSR count). The van der Waals surface area contributed by atoms with E-state index in [1.165, 1.54) is 36.9 Å². The van der Waals surface area contributed by atoms with Crippen molar-refractivity contribution < 1.29 is 0 Å². The molecule has 0 saturated heterocycles. The van der Waals surface area contributed by atoms with Gasteiger partial charge in [0.05, 0.1) is 0 Å². The van der Waals surface area contributed by atoms with Crippen LogP contribution in [-0.2, 0) is 0 Å². The van der Waals surface area contributed by atoms with Gasteiger partial charge in [0, 0.05) is 11.7 Å². The highest BCUT2D eigenvalue weighted by atomic mass is 14.9. The normalized spacial score (nSPS) is 26.3. The van der Waals surface area contributed by atoms with Crippen LogP contribution in [0.15, 0.2) is 24.3 Å². The Hall–Kier alpha value is -0.980. The number of anilines is 1. The van der Waals surface area contributed by atoms with Gasteiger partial charge in [-0.1, -0.05) is 31.9 Å². The van der Waals surface area contributed by atoms with Crippen LogP contribution >= 0.6 is 0 Å². The molecule has 0 bridgehead atoms. The molecule has 0 spiro atoms. The molecule has 1 saturated carbocycles. The zero-order chi connectivity index (χ0) is 10.7. The van der Waals surface area contributed by atoms with Gasteiger partial charge in [0.15, 0.2) is 0 Å². The highest BCUT2D eigenvalue weighted by Gasteiger charge is 2.20. The first-order chi connectivity index (χ1) is 7.25. The van der Waals surface area contributed by atoms with Gasteiger partial charge in [-0.15, -0.1) is 0 Å². The van der Waals surface area contributed by atoms with E-state index in [1.807, 2.05) is 0 Å². The molecule has 15 heavy (non-hydrogen) atoms. The number of rotatable bonds is 2. The van der Waals surface area contributed by atoms with Crippen molar-refractivity contribution in [1.29, 1.82) is 0 Å². The van der Waals surface area contributed by atoms with E-state index in [0.29, 0.717) is 6.04 Å². The van der Waals surface area contributed by atoms with Gasteiger partial charge in [0.25, 0.3) is 0 Å². The molecule has 82 valence electrons. The van der Waals surface area contributed by atoms with Crippen LogP contribution in [0.1, 0.15) is 38.2 Å². The van der Waals surface area contributed by atoms with Gasteiger partial charge in [0.2, 0.25) is 0 Å². The Kier molecular flexibility index (Phi) is 3.30. The van der Waals surface area contributed by atoms with Crippen LogP contribution in [0.5, 0.6) is 0 Å². The number of benzene rings is 1. The molecule has 1 nitrogen and oxygen atoms in total. The minimum absolute atomic E-state index is 0.681. The van der Waals surface area contributed by atoms with E-state index >= 15 is 0 Å². The molecule has 1 aromatic carbocycles. The second-order valence-electron chi connectivity index (χ2n) is 4.88. The fraction of sp³-hybridized carbons (Fsp3) is 0.571. The van der Waals surface area contributed by atoms with Gasteiger partial charge in [-0.25, -0.2) is 0 Å². The molecule has 0 unspecified atom stereocenters. The summed E-state index contributed by atoms with van der Waals surface area (Å²) in [6.07, 6.45) is 5.50. The lowest BCUT2D eigenvalue weighted by atomic mass is 9.86. The van der Waals surface area contributed by atoms with Gasteiger partial charge in [0.1, 0.15) is 0 Å². The maximum atomic E-state index is 3.67. The van der Waals surface area contributed by atoms with E-state index in [4.69, 9.17) is 0 Å². The van der Waals surface area contributed by atoms with Crippen LogP contribution in [0.4, 0.5) is 5.69 Å². The highest BCUT2D eigenvalue weighted by Crippen LogP contribution is 2.26. The Morgan fingerprint density at radius 3 is 2.73 bits per heavy atom. The minimum atomic E-state index is 0.681. The van der Waals surface area contributed by atoms with Crippen molar-refractivity contribution in [2.45, 2.75) is 45.6 Å². The van der Waals surface area contributed by atoms with Crippen molar-refractivity contribution in [2.75, 3.05) is 5.32 Å². The van der Waals surface area contributed by atoms with Crippen LogP contribution in [0, 0.1) is 12.8 Å². The number of hydrogen-bond acceptors (Lipinski definition) is 1. The van der Waals surface area contributed by atoms with Crippen molar-refractivity contribution in [1.82, 2.24) is 0 Å². The standard InChI is InChI=1S/C14H21N/c1-11-6-5-8-13(10-11)15-14-9-4-3-7-12(14)2/h5-6,8,10,12,14-15H,3-4,7,9H2,1-2H3/t12-,14-/m1/s1. The number of nitrogens with one attached hydrogen (secondary N) is 1. The third kappa shape index (κ3) is 2.74. The van der Waals surface area contributed by atoms with E-state index in [1.54, 1.807) is 0 Å². The van der Waals surface area contributed by atoms with E-state index < -0.39 is 0 Å². The number of hydrogen-bond donors (Lipinski definition) is 1. The largest absolute Gasteiger partial charge is 0.382 e. The van der Waals surface area contributed by atoms with E-state index in [-0.39, 0.29) is 0 Å². The van der Waals surface area contributed by atoms with Crippen LogP contribution in [0.25, 0.3) is 0 Å². The van der Waals surface area contributed by atoms with Crippen LogP contribution in [0.2, 0.25) is 0 Å². The Morgan fingerprint density at radius 1 is 1.20 bits per heavy atom. The predicted molar refractivity (Wildman–Crippen MR) is 66.2 cm³/mol. The lowest BCUT2D eigenvalue weighted by Crippen LogP contribution is -2.30. The van der Waals surface area contributed by atoms with Gasteiger partial charge in [-0.2, -0.15) is 0 Å². The Balaban J connectivity index is 2.01. The van der Waals surface area contributed by atoms with Crippen molar-refractivity contribution >= 4 is 5.69 Å². The molecule has 2 atom stereocenters. The summed E-state index contributed by atoms with van der Waals surface area (Å²) in [4.78, 5) is 0. The zero-order valence-electron chi connectivity index (χ0n) is 9.79. The smallest absolute Gasteiger partial charge is 0.0345 e. The Bertz CT molecular complexity index is 319. The molecule has 0 radical (unpaired) electrons. The lowest BCUT2D eigenvalue weighted by molar-refractivity contribution is 0.349. The van der Waals surface area contributed by atoms with Crippen molar-refractivity contribution in [3.8, 4) is 0 Å². The lowest BCUT2D eigenvalue weighted by Gasteiger charge is -2.30. The third-order valence-electron chi connectivity index (χ3n) is 3.48. The molecule has 0 amide bonds. The van der Waals surface area contributed by atoms with E-state index in [0.717, 1.165) is 5.92 Å².